The first kappa shape index (κ1) is 17.6. The van der Waals surface area contributed by atoms with Crippen LogP contribution in [-0.2, 0) is 16.0 Å². The highest BCUT2D eigenvalue weighted by molar-refractivity contribution is 7.09. The number of aromatic nitrogens is 1. The van der Waals surface area contributed by atoms with E-state index >= 15 is 0 Å². The van der Waals surface area contributed by atoms with Crippen molar-refractivity contribution in [2.24, 2.45) is 11.8 Å². The molecular weight excluding hydrogens is 322 g/mol. The average Bonchev–Trinajstić information content (AvgIpc) is 2.99. The van der Waals surface area contributed by atoms with Crippen molar-refractivity contribution in [2.75, 3.05) is 0 Å². The number of carbonyl (C=O) groups is 1. The summed E-state index contributed by atoms with van der Waals surface area (Å²) in [6.45, 7) is 7.49. The zero-order chi connectivity index (χ0) is 17.5. The first-order valence-corrected chi connectivity index (χ1v) is 9.53. The molecular formula is C19H25NO3S. The number of hydrogen-bond donors (Lipinski definition) is 1. The molecule has 0 spiro atoms. The van der Waals surface area contributed by atoms with E-state index in [2.05, 4.69) is 24.8 Å². The molecule has 2 radical (unpaired) electrons. The first-order chi connectivity index (χ1) is 11.3. The molecule has 2 aliphatic carbocycles. The number of hydrogen-bond acceptors (Lipinski definition) is 5. The Labute approximate surface area is 147 Å². The minimum absolute atomic E-state index is 0.0696. The number of fused-ring (bicyclic) bond motifs is 1. The number of aliphatic hydroxyl groups is 1. The molecule has 1 saturated carbocycles. The quantitative estimate of drug-likeness (QED) is 0.671. The third-order valence-corrected chi connectivity index (χ3v) is 6.37. The molecule has 5 atom stereocenters. The van der Waals surface area contributed by atoms with Crippen molar-refractivity contribution in [3.63, 3.8) is 0 Å². The van der Waals surface area contributed by atoms with Gasteiger partial charge in [-0.25, -0.2) is 4.98 Å². The predicted octanol–water partition coefficient (Wildman–Crippen LogP) is 3.54. The third kappa shape index (κ3) is 3.04. The van der Waals surface area contributed by atoms with E-state index < -0.39 is 11.7 Å². The van der Waals surface area contributed by atoms with E-state index in [1.165, 1.54) is 6.92 Å². The molecule has 24 heavy (non-hydrogen) atoms. The second-order valence-electron chi connectivity index (χ2n) is 7.00. The van der Waals surface area contributed by atoms with E-state index in [-0.39, 0.29) is 23.7 Å². The van der Waals surface area contributed by atoms with Crippen molar-refractivity contribution >= 4 is 17.3 Å². The van der Waals surface area contributed by atoms with Crippen molar-refractivity contribution in [2.45, 2.75) is 64.6 Å². The van der Waals surface area contributed by atoms with Crippen LogP contribution < -0.4 is 0 Å². The van der Waals surface area contributed by atoms with Gasteiger partial charge in [-0.2, -0.15) is 0 Å². The lowest BCUT2D eigenvalue weighted by Gasteiger charge is -2.50. The van der Waals surface area contributed by atoms with Gasteiger partial charge in [-0.3, -0.25) is 4.79 Å². The smallest absolute Gasteiger partial charge is 0.303 e. The van der Waals surface area contributed by atoms with Crippen molar-refractivity contribution < 1.29 is 14.6 Å². The number of rotatable bonds is 3. The van der Waals surface area contributed by atoms with E-state index in [1.807, 2.05) is 13.8 Å². The van der Waals surface area contributed by atoms with Gasteiger partial charge in [0.05, 0.1) is 22.7 Å². The molecule has 130 valence electrons. The van der Waals surface area contributed by atoms with E-state index in [0.717, 1.165) is 35.5 Å². The Kier molecular flexibility index (Phi) is 4.85. The molecule has 0 saturated heterocycles. The molecule has 1 aromatic heterocycles. The van der Waals surface area contributed by atoms with Crippen LogP contribution in [0, 0.1) is 18.3 Å². The summed E-state index contributed by atoms with van der Waals surface area (Å²) >= 11 is 1.69. The highest BCUT2D eigenvalue weighted by atomic mass is 32.1. The summed E-state index contributed by atoms with van der Waals surface area (Å²) in [5.41, 5.74) is 0.923. The van der Waals surface area contributed by atoms with Gasteiger partial charge in [0, 0.05) is 24.1 Å². The summed E-state index contributed by atoms with van der Waals surface area (Å²) < 4.78 is 5.34. The SMILES string of the molecule is CCc1nc([C@@H]2CC[C@@H](C)[C@]3(O)[C][C@@H](OC(C)=O)C(C)=C[C@@H]23)cs1. The molecule has 0 aliphatic heterocycles. The van der Waals surface area contributed by atoms with E-state index in [0.29, 0.717) is 0 Å². The Morgan fingerprint density at radius 2 is 2.29 bits per heavy atom. The summed E-state index contributed by atoms with van der Waals surface area (Å²) in [6.07, 6.45) is 7.56. The lowest BCUT2D eigenvalue weighted by atomic mass is 9.58. The molecule has 2 aliphatic rings. The molecule has 5 heteroatoms. The zero-order valence-electron chi connectivity index (χ0n) is 14.7. The summed E-state index contributed by atoms with van der Waals surface area (Å²) in [7, 11) is 0. The Balaban J connectivity index is 1.95. The summed E-state index contributed by atoms with van der Waals surface area (Å²) in [5, 5.41) is 14.6. The van der Waals surface area contributed by atoms with Gasteiger partial charge in [-0.1, -0.05) is 19.9 Å². The first-order valence-electron chi connectivity index (χ1n) is 8.65. The number of carbonyl (C=O) groups excluding carboxylic acids is 1. The van der Waals surface area contributed by atoms with Gasteiger partial charge >= 0.3 is 5.97 Å². The maximum atomic E-state index is 11.4. The third-order valence-electron chi connectivity index (χ3n) is 5.36. The van der Waals surface area contributed by atoms with Crippen molar-refractivity contribution in [3.05, 3.63) is 34.2 Å². The second-order valence-corrected chi connectivity index (χ2v) is 7.94. The van der Waals surface area contributed by atoms with Crippen LogP contribution in [0.3, 0.4) is 0 Å². The Hall–Kier alpha value is -1.20. The fraction of sp³-hybridized carbons (Fsp3) is 0.632. The van der Waals surface area contributed by atoms with Gasteiger partial charge in [0.1, 0.15) is 6.10 Å². The van der Waals surface area contributed by atoms with Crippen molar-refractivity contribution in [1.29, 1.82) is 0 Å². The lowest BCUT2D eigenvalue weighted by molar-refractivity contribution is -0.146. The zero-order valence-corrected chi connectivity index (χ0v) is 15.5. The lowest BCUT2D eigenvalue weighted by Crippen LogP contribution is -2.54. The fourth-order valence-corrected chi connectivity index (χ4v) is 4.73. The molecule has 0 unspecified atom stereocenters. The molecule has 0 amide bonds. The number of nitrogens with zero attached hydrogens (tertiary/aromatic N) is 1. The monoisotopic (exact) mass is 347 g/mol. The van der Waals surface area contributed by atoms with Crippen LogP contribution in [0.15, 0.2) is 17.0 Å². The maximum absolute atomic E-state index is 11.4. The fourth-order valence-electron chi connectivity index (χ4n) is 3.92. The van der Waals surface area contributed by atoms with Gasteiger partial charge in [0.25, 0.3) is 0 Å². The number of thiazole rings is 1. The molecule has 1 heterocycles. The number of ether oxygens (including phenoxy) is 1. The van der Waals surface area contributed by atoms with Gasteiger partial charge in [-0.05, 0) is 37.7 Å². The van der Waals surface area contributed by atoms with Crippen LogP contribution in [0.25, 0.3) is 0 Å². The molecule has 0 bridgehead atoms. The minimum atomic E-state index is -1.08. The van der Waals surface area contributed by atoms with Crippen LogP contribution in [-0.4, -0.2) is 27.8 Å². The van der Waals surface area contributed by atoms with E-state index in [1.54, 1.807) is 11.3 Å². The Morgan fingerprint density at radius 1 is 1.54 bits per heavy atom. The van der Waals surface area contributed by atoms with Crippen molar-refractivity contribution in [1.82, 2.24) is 4.98 Å². The number of esters is 1. The van der Waals surface area contributed by atoms with Crippen molar-refractivity contribution in [3.8, 4) is 0 Å². The Bertz CT molecular complexity index is 653. The van der Waals surface area contributed by atoms with E-state index in [9.17, 15) is 9.90 Å². The standard InChI is InChI=1S/C19H25NO3S/c1-5-18-20-16(10-24-18)14-7-6-12(3)19(22)9-17(23-13(4)21)11(2)8-15(14)19/h8,10,12,14-15,17,22H,5-7H2,1-4H3/t12-,14-,15+,17-,19-/m1/s1. The molecule has 1 N–H and O–H groups in total. The normalized spacial score (nSPS) is 36.0. The number of aryl methyl sites for hydroxylation is 1. The molecule has 1 fully saturated rings. The van der Waals surface area contributed by atoms with Gasteiger partial charge < -0.3 is 9.84 Å². The molecule has 4 nitrogen and oxygen atoms in total. The van der Waals surface area contributed by atoms with Gasteiger partial charge in [0.15, 0.2) is 0 Å². The summed E-state index contributed by atoms with van der Waals surface area (Å²) in [5.74, 6) is -0.164. The molecule has 1 aromatic rings. The van der Waals surface area contributed by atoms with Crippen LogP contribution >= 0.6 is 11.3 Å². The van der Waals surface area contributed by atoms with Crippen LogP contribution in [0.1, 0.15) is 57.2 Å². The van der Waals surface area contributed by atoms with Gasteiger partial charge in [0.2, 0.25) is 0 Å². The topological polar surface area (TPSA) is 59.4 Å². The molecule has 3 rings (SSSR count). The van der Waals surface area contributed by atoms with Crippen LogP contribution in [0.4, 0.5) is 0 Å². The highest BCUT2D eigenvalue weighted by Gasteiger charge is 2.53. The maximum Gasteiger partial charge on any atom is 0.303 e. The van der Waals surface area contributed by atoms with Crippen LogP contribution in [0.2, 0.25) is 0 Å². The largest absolute Gasteiger partial charge is 0.457 e. The summed E-state index contributed by atoms with van der Waals surface area (Å²) in [4.78, 5) is 16.1. The second kappa shape index (κ2) is 6.60. The van der Waals surface area contributed by atoms with E-state index in [4.69, 9.17) is 9.72 Å². The Morgan fingerprint density at radius 3 is 2.92 bits per heavy atom. The predicted molar refractivity (Wildman–Crippen MR) is 93.6 cm³/mol. The minimum Gasteiger partial charge on any atom is -0.457 e. The summed E-state index contributed by atoms with van der Waals surface area (Å²) in [6, 6.07) is 0. The van der Waals surface area contributed by atoms with Crippen LogP contribution in [0.5, 0.6) is 0 Å². The van der Waals surface area contributed by atoms with Gasteiger partial charge in [-0.15, -0.1) is 11.3 Å². The average molecular weight is 347 g/mol. The highest BCUT2D eigenvalue weighted by Crippen LogP contribution is 2.52. The molecule has 0 aromatic carbocycles.